The van der Waals surface area contributed by atoms with Crippen LogP contribution >= 0.6 is 0 Å². The zero-order chi connectivity index (χ0) is 24.3. The lowest BCUT2D eigenvalue weighted by Crippen LogP contribution is -2.50. The van der Waals surface area contributed by atoms with Crippen LogP contribution in [0.4, 0.5) is 4.39 Å². The first-order valence-corrected chi connectivity index (χ1v) is 11.0. The summed E-state index contributed by atoms with van der Waals surface area (Å²) < 4.78 is 31.1. The van der Waals surface area contributed by atoms with Crippen molar-refractivity contribution < 1.29 is 13.9 Å². The molecule has 1 aromatic carbocycles. The predicted molar refractivity (Wildman–Crippen MR) is 128 cm³/mol. The van der Waals surface area contributed by atoms with E-state index in [2.05, 4.69) is 20.4 Å². The summed E-state index contributed by atoms with van der Waals surface area (Å²) >= 11 is 0. The standard InChI is InChI=1S/C24H22FN7O3/c1-30-12-13(7-29-30)16-5-17-19(6-21(16)34-3)27-11-20-22(17)32(24(33)31(20)2)23-18(25)4-14(10-28-23)35-15-8-26-9-15/h4-7,10-12,15,26H,8-9H2,1-3H3. The molecule has 1 saturated heterocycles. The molecule has 1 aliphatic rings. The van der Waals surface area contributed by atoms with Crippen LogP contribution in [-0.4, -0.2) is 55.2 Å². The SMILES string of the molecule is COc1cc2ncc3c(c2cc1-c1cnn(C)c1)n(-c1ncc(OC2CNC2)cc1F)c(=O)n3C. The van der Waals surface area contributed by atoms with Crippen LogP contribution in [0.1, 0.15) is 0 Å². The van der Waals surface area contributed by atoms with E-state index in [9.17, 15) is 4.79 Å². The second-order valence-corrected chi connectivity index (χ2v) is 8.52. The van der Waals surface area contributed by atoms with Gasteiger partial charge in [0, 0.05) is 62.0 Å². The first-order chi connectivity index (χ1) is 16.9. The van der Waals surface area contributed by atoms with Crippen molar-refractivity contribution in [3.8, 4) is 28.4 Å². The van der Waals surface area contributed by atoms with E-state index in [1.165, 1.54) is 21.4 Å². The summed E-state index contributed by atoms with van der Waals surface area (Å²) in [6, 6.07) is 4.95. The molecule has 0 unspecified atom stereocenters. The number of halogens is 1. The molecule has 1 fully saturated rings. The molecule has 0 atom stereocenters. The number of benzene rings is 1. The van der Waals surface area contributed by atoms with Gasteiger partial charge in [0.2, 0.25) is 0 Å². The van der Waals surface area contributed by atoms with Crippen LogP contribution < -0.4 is 20.5 Å². The molecule has 0 radical (unpaired) electrons. The molecule has 4 aromatic heterocycles. The van der Waals surface area contributed by atoms with Crippen molar-refractivity contribution in [2.45, 2.75) is 6.10 Å². The van der Waals surface area contributed by atoms with Crippen LogP contribution in [0.2, 0.25) is 0 Å². The average Bonchev–Trinajstić information content (AvgIpc) is 3.37. The van der Waals surface area contributed by atoms with Crippen LogP contribution in [0.5, 0.6) is 11.5 Å². The molecule has 1 N–H and O–H groups in total. The van der Waals surface area contributed by atoms with Gasteiger partial charge in [0.25, 0.3) is 0 Å². The zero-order valence-corrected chi connectivity index (χ0v) is 19.3. The first-order valence-electron chi connectivity index (χ1n) is 11.0. The van der Waals surface area contributed by atoms with Crippen molar-refractivity contribution in [3.63, 3.8) is 0 Å². The fraction of sp³-hybridized carbons (Fsp3) is 0.250. The van der Waals surface area contributed by atoms with E-state index in [1.807, 2.05) is 19.3 Å². The number of pyridine rings is 2. The number of hydrogen-bond donors (Lipinski definition) is 1. The summed E-state index contributed by atoms with van der Waals surface area (Å²) in [4.78, 5) is 22.1. The molecule has 0 aliphatic carbocycles. The Balaban J connectivity index is 1.60. The molecule has 178 valence electrons. The van der Waals surface area contributed by atoms with Crippen LogP contribution in [0.3, 0.4) is 0 Å². The number of hydrogen-bond acceptors (Lipinski definition) is 7. The number of rotatable bonds is 5. The van der Waals surface area contributed by atoms with Crippen molar-refractivity contribution in [3.05, 3.63) is 59.3 Å². The molecular formula is C24H22FN7O3. The average molecular weight is 475 g/mol. The molecule has 5 heterocycles. The summed E-state index contributed by atoms with van der Waals surface area (Å²) in [7, 11) is 5.04. The third-order valence-corrected chi connectivity index (χ3v) is 6.28. The number of ether oxygens (including phenoxy) is 2. The zero-order valence-electron chi connectivity index (χ0n) is 19.3. The maximum Gasteiger partial charge on any atom is 0.334 e. The van der Waals surface area contributed by atoms with Gasteiger partial charge in [-0.3, -0.25) is 14.2 Å². The summed E-state index contributed by atoms with van der Waals surface area (Å²) in [5, 5.41) is 8.01. The number of nitrogens with zero attached hydrogens (tertiary/aromatic N) is 6. The Morgan fingerprint density at radius 1 is 1.11 bits per heavy atom. The number of fused-ring (bicyclic) bond motifs is 3. The van der Waals surface area contributed by atoms with E-state index in [0.717, 1.165) is 11.1 Å². The smallest absolute Gasteiger partial charge is 0.334 e. The van der Waals surface area contributed by atoms with Crippen molar-refractivity contribution in [1.82, 2.24) is 34.2 Å². The van der Waals surface area contributed by atoms with E-state index in [1.54, 1.807) is 37.3 Å². The number of methoxy groups -OCH3 is 1. The molecule has 0 bridgehead atoms. The van der Waals surface area contributed by atoms with Gasteiger partial charge in [-0.05, 0) is 6.07 Å². The highest BCUT2D eigenvalue weighted by Gasteiger charge is 2.23. The largest absolute Gasteiger partial charge is 0.496 e. The lowest BCUT2D eigenvalue weighted by atomic mass is 10.0. The molecule has 11 heteroatoms. The fourth-order valence-corrected chi connectivity index (χ4v) is 4.36. The quantitative estimate of drug-likeness (QED) is 0.416. The van der Waals surface area contributed by atoms with Crippen molar-refractivity contribution in [2.75, 3.05) is 20.2 Å². The molecular weight excluding hydrogens is 453 g/mol. The van der Waals surface area contributed by atoms with Crippen LogP contribution in [0.25, 0.3) is 38.9 Å². The Bertz CT molecular complexity index is 1670. The lowest BCUT2D eigenvalue weighted by Gasteiger charge is -2.27. The lowest BCUT2D eigenvalue weighted by molar-refractivity contribution is 0.141. The minimum atomic E-state index is -0.657. The van der Waals surface area contributed by atoms with E-state index in [4.69, 9.17) is 9.47 Å². The van der Waals surface area contributed by atoms with Crippen molar-refractivity contribution in [1.29, 1.82) is 0 Å². The van der Waals surface area contributed by atoms with Gasteiger partial charge in [0.15, 0.2) is 11.6 Å². The normalized spacial score (nSPS) is 13.9. The highest BCUT2D eigenvalue weighted by Crippen LogP contribution is 2.36. The summed E-state index contributed by atoms with van der Waals surface area (Å²) in [6.45, 7) is 1.40. The number of nitrogens with one attached hydrogen (secondary N) is 1. The second-order valence-electron chi connectivity index (χ2n) is 8.52. The molecule has 10 nitrogen and oxygen atoms in total. The van der Waals surface area contributed by atoms with Crippen LogP contribution in [-0.2, 0) is 14.1 Å². The molecule has 0 saturated carbocycles. The highest BCUT2D eigenvalue weighted by molar-refractivity contribution is 6.05. The fourth-order valence-electron chi connectivity index (χ4n) is 4.36. The van der Waals surface area contributed by atoms with Gasteiger partial charge in [-0.2, -0.15) is 5.10 Å². The minimum absolute atomic E-state index is 0.0155. The van der Waals surface area contributed by atoms with E-state index >= 15 is 4.39 Å². The Labute approximate surface area is 198 Å². The monoisotopic (exact) mass is 475 g/mol. The number of imidazole rings is 1. The van der Waals surface area contributed by atoms with Gasteiger partial charge in [-0.1, -0.05) is 0 Å². The predicted octanol–water partition coefficient (Wildman–Crippen LogP) is 2.17. The summed E-state index contributed by atoms with van der Waals surface area (Å²) in [5.41, 5.74) is 2.82. The maximum absolute atomic E-state index is 15.3. The number of aromatic nitrogens is 6. The van der Waals surface area contributed by atoms with Crippen molar-refractivity contribution in [2.24, 2.45) is 14.1 Å². The molecule has 0 spiro atoms. The third kappa shape index (κ3) is 3.35. The van der Waals surface area contributed by atoms with E-state index in [-0.39, 0.29) is 11.9 Å². The maximum atomic E-state index is 15.3. The molecule has 1 aliphatic heterocycles. The molecule has 5 aromatic rings. The van der Waals surface area contributed by atoms with Gasteiger partial charge in [0.05, 0.1) is 42.3 Å². The van der Waals surface area contributed by atoms with Crippen molar-refractivity contribution >= 4 is 21.9 Å². The van der Waals surface area contributed by atoms with Gasteiger partial charge >= 0.3 is 5.69 Å². The van der Waals surface area contributed by atoms with Gasteiger partial charge in [0.1, 0.15) is 17.6 Å². The molecule has 35 heavy (non-hydrogen) atoms. The topological polar surface area (TPSA) is 101 Å². The van der Waals surface area contributed by atoms with Gasteiger partial charge in [-0.25, -0.2) is 18.7 Å². The second kappa shape index (κ2) is 7.91. The summed E-state index contributed by atoms with van der Waals surface area (Å²) in [6.07, 6.45) is 6.62. The molecule has 0 amide bonds. The third-order valence-electron chi connectivity index (χ3n) is 6.28. The first kappa shape index (κ1) is 21.3. The Hall–Kier alpha value is -4.25. The molecule has 6 rings (SSSR count). The van der Waals surface area contributed by atoms with Gasteiger partial charge in [-0.15, -0.1) is 0 Å². The number of aryl methyl sites for hydroxylation is 2. The minimum Gasteiger partial charge on any atom is -0.496 e. The Kier molecular flexibility index (Phi) is 4.81. The Morgan fingerprint density at radius 3 is 2.60 bits per heavy atom. The highest BCUT2D eigenvalue weighted by atomic mass is 19.1. The van der Waals surface area contributed by atoms with Gasteiger partial charge < -0.3 is 14.8 Å². The van der Waals surface area contributed by atoms with E-state index in [0.29, 0.717) is 46.5 Å². The van der Waals surface area contributed by atoms with Crippen LogP contribution in [0.15, 0.2) is 47.8 Å². The van der Waals surface area contributed by atoms with Crippen LogP contribution in [0, 0.1) is 5.82 Å². The Morgan fingerprint density at radius 2 is 1.94 bits per heavy atom. The van der Waals surface area contributed by atoms with E-state index < -0.39 is 11.5 Å². The summed E-state index contributed by atoms with van der Waals surface area (Å²) in [5.74, 6) is 0.167.